The van der Waals surface area contributed by atoms with Gasteiger partial charge in [0.1, 0.15) is 5.82 Å². The molecule has 0 unspecified atom stereocenters. The molecule has 1 saturated heterocycles. The van der Waals surface area contributed by atoms with Crippen molar-refractivity contribution in [3.63, 3.8) is 0 Å². The summed E-state index contributed by atoms with van der Waals surface area (Å²) in [6.07, 6.45) is 4.31. The summed E-state index contributed by atoms with van der Waals surface area (Å²) in [5, 5.41) is 20.2. The van der Waals surface area contributed by atoms with Gasteiger partial charge in [-0.1, -0.05) is 26.8 Å². The molecule has 5 heterocycles. The third kappa shape index (κ3) is 5.16. The highest BCUT2D eigenvalue weighted by atomic mass is 32.1. The van der Waals surface area contributed by atoms with E-state index in [0.29, 0.717) is 48.8 Å². The monoisotopic (exact) mass is 533 g/mol. The summed E-state index contributed by atoms with van der Waals surface area (Å²) < 4.78 is 1.73. The number of nitrogens with one attached hydrogen (secondary N) is 1. The molecule has 1 aliphatic rings. The number of thiophene rings is 1. The van der Waals surface area contributed by atoms with Crippen LogP contribution in [0.15, 0.2) is 48.1 Å². The van der Waals surface area contributed by atoms with Crippen molar-refractivity contribution in [2.24, 2.45) is 0 Å². The summed E-state index contributed by atoms with van der Waals surface area (Å²) in [5.41, 5.74) is 2.72. The van der Waals surface area contributed by atoms with Crippen molar-refractivity contribution in [1.29, 1.82) is 0 Å². The third-order valence-corrected chi connectivity index (χ3v) is 8.33. The Hall–Kier alpha value is -3.34. The van der Waals surface area contributed by atoms with E-state index in [1.807, 2.05) is 53.7 Å². The third-order valence-electron chi connectivity index (χ3n) is 7.44. The van der Waals surface area contributed by atoms with E-state index < -0.39 is 5.60 Å². The van der Waals surface area contributed by atoms with Crippen LogP contribution < -0.4 is 10.2 Å². The van der Waals surface area contributed by atoms with Gasteiger partial charge in [0.05, 0.1) is 33.6 Å². The van der Waals surface area contributed by atoms with Crippen LogP contribution in [-0.4, -0.2) is 79.9 Å². The lowest BCUT2D eigenvalue weighted by Gasteiger charge is -2.47. The molecule has 0 saturated carbocycles. The quantitative estimate of drug-likeness (QED) is 0.319. The second-order valence-electron chi connectivity index (χ2n) is 9.93. The minimum Gasteiger partial charge on any atom is -0.386 e. The van der Waals surface area contributed by atoms with Gasteiger partial charge in [-0.15, -0.1) is 11.3 Å². The largest absolute Gasteiger partial charge is 0.386 e. The molecule has 4 aromatic heterocycles. The number of carbonyl (C=O) groups is 1. The zero-order valence-electron chi connectivity index (χ0n) is 22.4. The van der Waals surface area contributed by atoms with Gasteiger partial charge in [-0.05, 0) is 56.1 Å². The van der Waals surface area contributed by atoms with Crippen LogP contribution in [0.25, 0.3) is 27.5 Å². The smallest absolute Gasteiger partial charge is 0.251 e. The highest BCUT2D eigenvalue weighted by molar-refractivity contribution is 7.13. The van der Waals surface area contributed by atoms with E-state index in [2.05, 4.69) is 36.1 Å². The number of aliphatic hydroxyl groups is 1. The molecule has 0 aliphatic carbocycles. The number of nitrogens with zero attached hydrogens (tertiary/aromatic N) is 6. The first-order chi connectivity index (χ1) is 18.3. The maximum absolute atomic E-state index is 13.3. The zero-order chi connectivity index (χ0) is 26.9. The summed E-state index contributed by atoms with van der Waals surface area (Å²) in [7, 11) is 0. The standard InChI is InChI=1S/C28H35N7O2S/c1-5-28(37)17-34(18-28)25-14-20(27(36)29-15-19(4)33(6-2)7-3)13-23(31-25)21-16-30-35-11-10-22(32-26(21)35)24-9-8-12-38-24/h8-14,16,19,37H,5-7,15,17-18H2,1-4H3,(H,29,36)/t19-/m0/s1. The predicted molar refractivity (Wildman–Crippen MR) is 152 cm³/mol. The Morgan fingerprint density at radius 1 is 1.18 bits per heavy atom. The Morgan fingerprint density at radius 2 is 1.97 bits per heavy atom. The van der Waals surface area contributed by atoms with Gasteiger partial charge in [-0.2, -0.15) is 5.10 Å². The summed E-state index contributed by atoms with van der Waals surface area (Å²) in [6, 6.07) is 9.84. The fourth-order valence-corrected chi connectivity index (χ4v) is 5.62. The van der Waals surface area contributed by atoms with Gasteiger partial charge < -0.3 is 15.3 Å². The molecule has 0 spiro atoms. The number of hydrogen-bond donors (Lipinski definition) is 2. The van der Waals surface area contributed by atoms with Crippen LogP contribution in [-0.2, 0) is 0 Å². The summed E-state index contributed by atoms with van der Waals surface area (Å²) in [5.74, 6) is 0.514. The minimum atomic E-state index is -0.721. The molecule has 1 aliphatic heterocycles. The number of amides is 1. The van der Waals surface area contributed by atoms with Crippen molar-refractivity contribution in [1.82, 2.24) is 29.8 Å². The van der Waals surface area contributed by atoms with Crippen molar-refractivity contribution in [2.75, 3.05) is 37.6 Å². The molecule has 9 nitrogen and oxygen atoms in total. The molecule has 1 amide bonds. The van der Waals surface area contributed by atoms with Crippen LogP contribution in [0.1, 0.15) is 44.5 Å². The van der Waals surface area contributed by atoms with Crippen LogP contribution in [0, 0.1) is 0 Å². The lowest BCUT2D eigenvalue weighted by atomic mass is 9.91. The van der Waals surface area contributed by atoms with E-state index in [4.69, 9.17) is 9.97 Å². The normalized spacial score (nSPS) is 15.6. The number of likely N-dealkylation sites (N-methyl/N-ethyl adjacent to an activating group) is 1. The van der Waals surface area contributed by atoms with Crippen molar-refractivity contribution in [2.45, 2.75) is 45.8 Å². The second kappa shape index (κ2) is 10.8. The maximum atomic E-state index is 13.3. The molecule has 200 valence electrons. The first kappa shape index (κ1) is 26.3. The Balaban J connectivity index is 1.50. The number of pyridine rings is 1. The van der Waals surface area contributed by atoms with Crippen molar-refractivity contribution >= 4 is 28.7 Å². The summed E-state index contributed by atoms with van der Waals surface area (Å²) in [4.78, 5) is 28.5. The fourth-order valence-electron chi connectivity index (χ4n) is 4.93. The van der Waals surface area contributed by atoms with Gasteiger partial charge in [0.15, 0.2) is 5.65 Å². The highest BCUT2D eigenvalue weighted by Gasteiger charge is 2.40. The number of carbonyl (C=O) groups excluding carboxylic acids is 1. The van der Waals surface area contributed by atoms with Crippen LogP contribution in [0.2, 0.25) is 0 Å². The number of aromatic nitrogens is 4. The molecular weight excluding hydrogens is 498 g/mol. The number of β-amino-alcohol motifs (C(OH)–C–C–N with tert-alkyl or cyclic N) is 1. The molecule has 2 N–H and O–H groups in total. The summed E-state index contributed by atoms with van der Waals surface area (Å²) >= 11 is 1.63. The van der Waals surface area contributed by atoms with E-state index in [9.17, 15) is 9.90 Å². The van der Waals surface area contributed by atoms with Crippen LogP contribution in [0.3, 0.4) is 0 Å². The van der Waals surface area contributed by atoms with E-state index in [0.717, 1.165) is 29.2 Å². The lowest BCUT2D eigenvalue weighted by molar-refractivity contribution is 0.00807. The molecule has 1 atom stereocenters. The molecule has 0 bridgehead atoms. The maximum Gasteiger partial charge on any atom is 0.251 e. The first-order valence-corrected chi connectivity index (χ1v) is 14.1. The van der Waals surface area contributed by atoms with Crippen LogP contribution in [0.4, 0.5) is 5.82 Å². The Bertz CT molecular complexity index is 1410. The predicted octanol–water partition coefficient (Wildman–Crippen LogP) is 3.94. The molecule has 5 rings (SSSR count). The number of rotatable bonds is 10. The van der Waals surface area contributed by atoms with Crippen LogP contribution in [0.5, 0.6) is 0 Å². The van der Waals surface area contributed by atoms with Gasteiger partial charge in [0, 0.05) is 37.4 Å². The number of anilines is 1. The van der Waals surface area contributed by atoms with Gasteiger partial charge in [-0.3, -0.25) is 9.69 Å². The van der Waals surface area contributed by atoms with Crippen molar-refractivity contribution < 1.29 is 9.90 Å². The second-order valence-corrected chi connectivity index (χ2v) is 10.9. The van der Waals surface area contributed by atoms with Gasteiger partial charge >= 0.3 is 0 Å². The topological polar surface area (TPSA) is 98.9 Å². The highest BCUT2D eigenvalue weighted by Crippen LogP contribution is 2.33. The average Bonchev–Trinajstić information content (AvgIpc) is 3.60. The lowest BCUT2D eigenvalue weighted by Crippen LogP contribution is -2.61. The minimum absolute atomic E-state index is 0.149. The fraction of sp³-hybridized carbons (Fsp3) is 0.429. The van der Waals surface area contributed by atoms with Crippen molar-refractivity contribution in [3.05, 3.63) is 53.7 Å². The van der Waals surface area contributed by atoms with E-state index >= 15 is 0 Å². The van der Waals surface area contributed by atoms with E-state index in [1.54, 1.807) is 22.0 Å². The van der Waals surface area contributed by atoms with Gasteiger partial charge in [0.2, 0.25) is 0 Å². The molecular formula is C28H35N7O2S. The van der Waals surface area contributed by atoms with E-state index in [-0.39, 0.29) is 11.9 Å². The summed E-state index contributed by atoms with van der Waals surface area (Å²) in [6.45, 7) is 11.7. The van der Waals surface area contributed by atoms with E-state index in [1.165, 1.54) is 0 Å². The first-order valence-electron chi connectivity index (χ1n) is 13.2. The zero-order valence-corrected chi connectivity index (χ0v) is 23.2. The Kier molecular flexibility index (Phi) is 7.47. The number of fused-ring (bicyclic) bond motifs is 1. The Labute approximate surface area is 227 Å². The van der Waals surface area contributed by atoms with Crippen molar-refractivity contribution in [3.8, 4) is 21.8 Å². The van der Waals surface area contributed by atoms with Gasteiger partial charge in [0.25, 0.3) is 5.91 Å². The van der Waals surface area contributed by atoms with Gasteiger partial charge in [-0.25, -0.2) is 14.5 Å². The molecule has 0 aromatic carbocycles. The molecule has 0 radical (unpaired) electrons. The molecule has 38 heavy (non-hydrogen) atoms. The SMILES string of the molecule is CCN(CC)[C@@H](C)CNC(=O)c1cc(-c2cnn3ccc(-c4cccs4)nc23)nc(N2CC(O)(CC)C2)c1. The number of hydrogen-bond acceptors (Lipinski definition) is 8. The molecule has 10 heteroatoms. The molecule has 1 fully saturated rings. The molecule has 4 aromatic rings. The van der Waals surface area contributed by atoms with Crippen LogP contribution >= 0.6 is 11.3 Å². The average molecular weight is 534 g/mol. The Morgan fingerprint density at radius 3 is 2.66 bits per heavy atom.